The Balaban J connectivity index is 1.68. The van der Waals surface area contributed by atoms with Crippen LogP contribution >= 0.6 is 0 Å². The number of rotatable bonds is 3. The van der Waals surface area contributed by atoms with Gasteiger partial charge in [-0.05, 0) is 12.1 Å². The second-order valence-electron chi connectivity index (χ2n) is 7.63. The number of hydrogen-bond acceptors (Lipinski definition) is 5. The van der Waals surface area contributed by atoms with Crippen LogP contribution in [0.3, 0.4) is 0 Å². The first kappa shape index (κ1) is 19.1. The maximum Gasteiger partial charge on any atom is 0.352 e. The molecule has 2 aromatic heterocycles. The summed E-state index contributed by atoms with van der Waals surface area (Å²) in [7, 11) is 0. The molecule has 0 saturated carbocycles. The van der Waals surface area contributed by atoms with Crippen molar-refractivity contribution in [1.82, 2.24) is 29.0 Å². The van der Waals surface area contributed by atoms with Crippen molar-refractivity contribution in [2.75, 3.05) is 26.2 Å². The standard InChI is InChI=1S/C20H24N6O3/c1-13(2)18-21-16-7-5-4-6-15(16)19-22-25(20(29)26(18)19)12-17(28)24-10-8-23(9-11-24)14(3)27/h4-7,13H,8-12H2,1-3H3. The second kappa shape index (κ2) is 7.31. The minimum absolute atomic E-state index is 0.00858. The third-order valence-electron chi connectivity index (χ3n) is 5.33. The zero-order valence-electron chi connectivity index (χ0n) is 16.8. The Morgan fingerprint density at radius 3 is 2.38 bits per heavy atom. The first-order chi connectivity index (χ1) is 13.9. The monoisotopic (exact) mass is 396 g/mol. The highest BCUT2D eigenvalue weighted by Crippen LogP contribution is 2.20. The van der Waals surface area contributed by atoms with Gasteiger partial charge in [-0.25, -0.2) is 18.9 Å². The highest BCUT2D eigenvalue weighted by molar-refractivity contribution is 5.91. The molecule has 0 atom stereocenters. The number of para-hydroxylation sites is 1. The van der Waals surface area contributed by atoms with E-state index in [4.69, 9.17) is 0 Å². The number of benzene rings is 1. The molecule has 3 aromatic rings. The summed E-state index contributed by atoms with van der Waals surface area (Å²) in [5.74, 6) is 0.474. The minimum atomic E-state index is -0.363. The van der Waals surface area contributed by atoms with Crippen LogP contribution in [0.5, 0.6) is 0 Å². The molecule has 0 spiro atoms. The Morgan fingerprint density at radius 2 is 1.72 bits per heavy atom. The maximum absolute atomic E-state index is 13.1. The zero-order valence-corrected chi connectivity index (χ0v) is 16.8. The van der Waals surface area contributed by atoms with Crippen LogP contribution in [0.4, 0.5) is 0 Å². The molecule has 0 aliphatic carbocycles. The molecule has 29 heavy (non-hydrogen) atoms. The molecule has 0 radical (unpaired) electrons. The Kier molecular flexibility index (Phi) is 4.81. The van der Waals surface area contributed by atoms with Crippen molar-refractivity contribution in [2.45, 2.75) is 33.2 Å². The summed E-state index contributed by atoms with van der Waals surface area (Å²) in [6.45, 7) is 7.27. The topological polar surface area (TPSA) is 92.8 Å². The van der Waals surface area contributed by atoms with Crippen LogP contribution in [0, 0.1) is 0 Å². The number of fused-ring (bicyclic) bond motifs is 3. The van der Waals surface area contributed by atoms with E-state index in [1.54, 1.807) is 9.80 Å². The molecular formula is C20H24N6O3. The van der Waals surface area contributed by atoms with Crippen LogP contribution < -0.4 is 5.69 Å². The summed E-state index contributed by atoms with van der Waals surface area (Å²) in [4.78, 5) is 45.3. The van der Waals surface area contributed by atoms with Crippen LogP contribution in [0.2, 0.25) is 0 Å². The fourth-order valence-electron chi connectivity index (χ4n) is 3.71. The molecule has 1 aliphatic heterocycles. The lowest BCUT2D eigenvalue weighted by molar-refractivity contribution is -0.139. The predicted molar refractivity (Wildman–Crippen MR) is 108 cm³/mol. The smallest absolute Gasteiger partial charge is 0.339 e. The fraction of sp³-hybridized carbons (Fsp3) is 0.450. The van der Waals surface area contributed by atoms with Gasteiger partial charge in [-0.3, -0.25) is 9.59 Å². The lowest BCUT2D eigenvalue weighted by atomic mass is 10.2. The van der Waals surface area contributed by atoms with Crippen molar-refractivity contribution in [3.05, 3.63) is 40.6 Å². The molecule has 1 fully saturated rings. The number of hydrogen-bond donors (Lipinski definition) is 0. The van der Waals surface area contributed by atoms with Crippen molar-refractivity contribution in [3.63, 3.8) is 0 Å². The average Bonchev–Trinajstić information content (AvgIpc) is 3.03. The van der Waals surface area contributed by atoms with E-state index in [-0.39, 0.29) is 30.0 Å². The first-order valence-corrected chi connectivity index (χ1v) is 9.78. The number of carbonyl (C=O) groups excluding carboxylic acids is 2. The van der Waals surface area contributed by atoms with Crippen LogP contribution in [0.25, 0.3) is 16.6 Å². The third-order valence-corrected chi connectivity index (χ3v) is 5.33. The predicted octanol–water partition coefficient (Wildman–Crippen LogP) is 0.858. The number of carbonyl (C=O) groups is 2. The SMILES string of the molecule is CC(=O)N1CCN(C(=O)Cn2nc3c4ccccc4nc(C(C)C)n3c2=O)CC1. The van der Waals surface area contributed by atoms with E-state index in [9.17, 15) is 14.4 Å². The van der Waals surface area contributed by atoms with Gasteiger partial charge in [0.1, 0.15) is 12.4 Å². The number of aromatic nitrogens is 4. The van der Waals surface area contributed by atoms with Crippen molar-refractivity contribution >= 4 is 28.4 Å². The molecule has 0 bridgehead atoms. The molecular weight excluding hydrogens is 372 g/mol. The largest absolute Gasteiger partial charge is 0.352 e. The molecule has 1 saturated heterocycles. The molecule has 3 heterocycles. The first-order valence-electron chi connectivity index (χ1n) is 9.78. The Hall–Kier alpha value is -3.23. The summed E-state index contributed by atoms with van der Waals surface area (Å²) < 4.78 is 2.73. The van der Waals surface area contributed by atoms with Crippen LogP contribution in [-0.4, -0.2) is 67.0 Å². The van der Waals surface area contributed by atoms with Gasteiger partial charge in [-0.15, -0.1) is 5.10 Å². The Morgan fingerprint density at radius 1 is 1.07 bits per heavy atom. The van der Waals surface area contributed by atoms with E-state index in [2.05, 4.69) is 10.1 Å². The molecule has 0 unspecified atom stereocenters. The van der Waals surface area contributed by atoms with Crippen LogP contribution in [-0.2, 0) is 16.1 Å². The van der Waals surface area contributed by atoms with E-state index in [1.165, 1.54) is 16.0 Å². The Labute approximate surface area is 167 Å². The van der Waals surface area contributed by atoms with Crippen molar-refractivity contribution in [3.8, 4) is 0 Å². The van der Waals surface area contributed by atoms with E-state index in [0.29, 0.717) is 37.7 Å². The number of amides is 2. The van der Waals surface area contributed by atoms with Gasteiger partial charge in [0.25, 0.3) is 0 Å². The normalized spacial score (nSPS) is 14.9. The van der Waals surface area contributed by atoms with E-state index in [0.717, 1.165) is 10.9 Å². The molecule has 4 rings (SSSR count). The quantitative estimate of drug-likeness (QED) is 0.655. The molecule has 9 nitrogen and oxygen atoms in total. The summed E-state index contributed by atoms with van der Waals surface area (Å²) in [6, 6.07) is 7.54. The van der Waals surface area contributed by atoms with E-state index < -0.39 is 0 Å². The fourth-order valence-corrected chi connectivity index (χ4v) is 3.71. The summed E-state index contributed by atoms with van der Waals surface area (Å²) in [6.07, 6.45) is 0. The maximum atomic E-state index is 13.1. The lowest BCUT2D eigenvalue weighted by Gasteiger charge is -2.34. The van der Waals surface area contributed by atoms with Crippen molar-refractivity contribution in [1.29, 1.82) is 0 Å². The van der Waals surface area contributed by atoms with Gasteiger partial charge < -0.3 is 9.80 Å². The number of nitrogens with zero attached hydrogens (tertiary/aromatic N) is 6. The van der Waals surface area contributed by atoms with E-state index in [1.807, 2.05) is 38.1 Å². The average molecular weight is 396 g/mol. The summed E-state index contributed by atoms with van der Waals surface area (Å²) in [5, 5.41) is 5.25. The van der Waals surface area contributed by atoms with Gasteiger partial charge in [0.15, 0.2) is 5.65 Å². The van der Waals surface area contributed by atoms with Gasteiger partial charge in [0.2, 0.25) is 11.8 Å². The molecule has 9 heteroatoms. The highest BCUT2D eigenvalue weighted by atomic mass is 16.2. The highest BCUT2D eigenvalue weighted by Gasteiger charge is 2.24. The van der Waals surface area contributed by atoms with Crippen molar-refractivity contribution in [2.24, 2.45) is 0 Å². The molecule has 0 N–H and O–H groups in total. The van der Waals surface area contributed by atoms with Crippen LogP contribution in [0.1, 0.15) is 32.5 Å². The van der Waals surface area contributed by atoms with Gasteiger partial charge in [-0.2, -0.15) is 0 Å². The van der Waals surface area contributed by atoms with Gasteiger partial charge >= 0.3 is 5.69 Å². The lowest BCUT2D eigenvalue weighted by Crippen LogP contribution is -2.51. The van der Waals surface area contributed by atoms with Gasteiger partial charge in [0.05, 0.1) is 5.52 Å². The zero-order chi connectivity index (χ0) is 20.7. The third kappa shape index (κ3) is 3.37. The molecule has 2 amide bonds. The molecule has 1 aliphatic rings. The van der Waals surface area contributed by atoms with Crippen LogP contribution in [0.15, 0.2) is 29.1 Å². The second-order valence-corrected chi connectivity index (χ2v) is 7.63. The number of piperazine rings is 1. The molecule has 152 valence electrons. The summed E-state index contributed by atoms with van der Waals surface area (Å²) >= 11 is 0. The van der Waals surface area contributed by atoms with Gasteiger partial charge in [-0.1, -0.05) is 26.0 Å². The molecule has 1 aromatic carbocycles. The van der Waals surface area contributed by atoms with Crippen molar-refractivity contribution < 1.29 is 9.59 Å². The van der Waals surface area contributed by atoms with E-state index >= 15 is 0 Å². The van der Waals surface area contributed by atoms with Gasteiger partial charge in [0, 0.05) is 44.4 Å². The summed E-state index contributed by atoms with van der Waals surface area (Å²) in [5.41, 5.74) is 0.920. The Bertz CT molecular complexity index is 1150. The minimum Gasteiger partial charge on any atom is -0.339 e.